The van der Waals surface area contributed by atoms with E-state index in [0.29, 0.717) is 3.57 Å². The van der Waals surface area contributed by atoms with Crippen molar-refractivity contribution < 1.29 is 27.8 Å². The van der Waals surface area contributed by atoms with Crippen LogP contribution in [-0.4, -0.2) is 22.4 Å². The van der Waals surface area contributed by atoms with Crippen LogP contribution in [0.2, 0.25) is 0 Å². The van der Waals surface area contributed by atoms with Gasteiger partial charge in [0, 0.05) is 15.7 Å². The summed E-state index contributed by atoms with van der Waals surface area (Å²) in [7, 11) is 0. The van der Waals surface area contributed by atoms with E-state index >= 15 is 0 Å². The van der Waals surface area contributed by atoms with Crippen LogP contribution in [0.3, 0.4) is 0 Å². The summed E-state index contributed by atoms with van der Waals surface area (Å²) in [5.74, 6) is -1.90. The fourth-order valence-corrected chi connectivity index (χ4v) is 1.84. The molecular weight excluding hydrogens is 368 g/mol. The summed E-state index contributed by atoms with van der Waals surface area (Å²) >= 11 is 1.78. The van der Waals surface area contributed by atoms with Crippen LogP contribution in [0.1, 0.15) is 11.3 Å². The third kappa shape index (κ3) is 4.29. The summed E-state index contributed by atoms with van der Waals surface area (Å²) in [6, 6.07) is 1.33. The molecule has 0 amide bonds. The van der Waals surface area contributed by atoms with E-state index in [1.54, 1.807) is 22.6 Å². The van der Waals surface area contributed by atoms with Gasteiger partial charge >= 0.3 is 12.3 Å². The monoisotopic (exact) mass is 376 g/mol. The van der Waals surface area contributed by atoms with Gasteiger partial charge in [-0.3, -0.25) is 4.79 Å². The summed E-state index contributed by atoms with van der Waals surface area (Å²) in [5.41, 5.74) is 5.34. The van der Waals surface area contributed by atoms with Gasteiger partial charge in [0.15, 0.2) is 0 Å². The van der Waals surface area contributed by atoms with Crippen molar-refractivity contribution in [3.63, 3.8) is 0 Å². The molecule has 18 heavy (non-hydrogen) atoms. The molecule has 0 bridgehead atoms. The second kappa shape index (κ2) is 5.69. The van der Waals surface area contributed by atoms with Crippen LogP contribution >= 0.6 is 22.6 Å². The molecule has 5 nitrogen and oxygen atoms in total. The average Bonchev–Trinajstić information content (AvgIpc) is 2.19. The Balaban J connectivity index is 3.17. The number of hydrogen-bond acceptors (Lipinski definition) is 4. The number of rotatable bonds is 4. The number of halogens is 4. The fraction of sp³-hybridized carbons (Fsp3) is 0.333. The lowest BCUT2D eigenvalue weighted by molar-refractivity contribution is -0.276. The van der Waals surface area contributed by atoms with Gasteiger partial charge < -0.3 is 15.6 Å². The Bertz CT molecular complexity index is 465. The number of carbonyl (C=O) groups is 1. The van der Waals surface area contributed by atoms with Crippen molar-refractivity contribution in [1.82, 2.24) is 4.98 Å². The molecule has 0 fully saturated rings. The molecule has 1 aromatic heterocycles. The Morgan fingerprint density at radius 3 is 2.61 bits per heavy atom. The Labute approximate surface area is 113 Å². The van der Waals surface area contributed by atoms with Gasteiger partial charge in [0.25, 0.3) is 0 Å². The highest BCUT2D eigenvalue weighted by Crippen LogP contribution is 2.27. The predicted molar refractivity (Wildman–Crippen MR) is 62.9 cm³/mol. The van der Waals surface area contributed by atoms with Gasteiger partial charge in [0.1, 0.15) is 0 Å². The first-order valence-corrected chi connectivity index (χ1v) is 5.66. The SMILES string of the molecule is NCc1cc(I)c(CC(=O)O)nc1OC(F)(F)F. The molecule has 0 aliphatic rings. The van der Waals surface area contributed by atoms with E-state index < -0.39 is 24.6 Å². The maximum atomic E-state index is 12.1. The lowest BCUT2D eigenvalue weighted by atomic mass is 10.2. The van der Waals surface area contributed by atoms with E-state index in [2.05, 4.69) is 9.72 Å². The van der Waals surface area contributed by atoms with Gasteiger partial charge in [-0.15, -0.1) is 13.2 Å². The maximum Gasteiger partial charge on any atom is 0.574 e. The molecule has 0 aliphatic heterocycles. The molecule has 1 rings (SSSR count). The zero-order valence-electron chi connectivity index (χ0n) is 8.79. The zero-order chi connectivity index (χ0) is 13.9. The summed E-state index contributed by atoms with van der Waals surface area (Å²) in [4.78, 5) is 14.1. The number of nitrogens with two attached hydrogens (primary N) is 1. The Kier molecular flexibility index (Phi) is 4.73. The summed E-state index contributed by atoms with van der Waals surface area (Å²) in [6.07, 6.45) is -5.39. The van der Waals surface area contributed by atoms with Crippen molar-refractivity contribution in [2.75, 3.05) is 0 Å². The van der Waals surface area contributed by atoms with Gasteiger partial charge in [-0.1, -0.05) is 0 Å². The smallest absolute Gasteiger partial charge is 0.481 e. The van der Waals surface area contributed by atoms with E-state index in [1.807, 2.05) is 0 Å². The van der Waals surface area contributed by atoms with Crippen molar-refractivity contribution in [2.24, 2.45) is 5.73 Å². The number of aliphatic carboxylic acids is 1. The quantitative estimate of drug-likeness (QED) is 0.782. The standard InChI is InChI=1S/C9H8F3IN2O3/c10-9(11,12)18-8-4(3-14)1-5(13)6(15-8)2-7(16)17/h1H,2-3,14H2,(H,16,17). The van der Waals surface area contributed by atoms with Crippen molar-refractivity contribution in [1.29, 1.82) is 0 Å². The molecule has 1 heterocycles. The van der Waals surface area contributed by atoms with Crippen LogP contribution in [-0.2, 0) is 17.8 Å². The zero-order valence-corrected chi connectivity index (χ0v) is 10.9. The molecular formula is C9H8F3IN2O3. The van der Waals surface area contributed by atoms with Crippen LogP contribution in [0.4, 0.5) is 13.2 Å². The van der Waals surface area contributed by atoms with Crippen LogP contribution in [0.5, 0.6) is 5.88 Å². The van der Waals surface area contributed by atoms with Crippen molar-refractivity contribution in [3.05, 3.63) is 20.9 Å². The van der Waals surface area contributed by atoms with Crippen molar-refractivity contribution >= 4 is 28.6 Å². The van der Waals surface area contributed by atoms with Crippen LogP contribution < -0.4 is 10.5 Å². The molecule has 0 aliphatic carbocycles. The molecule has 0 saturated carbocycles. The molecule has 0 unspecified atom stereocenters. The van der Waals surface area contributed by atoms with E-state index in [-0.39, 0.29) is 17.8 Å². The second-order valence-electron chi connectivity index (χ2n) is 3.20. The fourth-order valence-electron chi connectivity index (χ4n) is 1.16. The number of aromatic nitrogens is 1. The molecule has 0 aromatic carbocycles. The highest BCUT2D eigenvalue weighted by Gasteiger charge is 2.33. The summed E-state index contributed by atoms with van der Waals surface area (Å²) in [6.45, 7) is -0.193. The third-order valence-corrected chi connectivity index (χ3v) is 2.77. The second-order valence-corrected chi connectivity index (χ2v) is 4.37. The highest BCUT2D eigenvalue weighted by molar-refractivity contribution is 14.1. The average molecular weight is 376 g/mol. The minimum Gasteiger partial charge on any atom is -0.481 e. The Morgan fingerprint density at radius 2 is 2.17 bits per heavy atom. The lowest BCUT2D eigenvalue weighted by Crippen LogP contribution is -2.20. The number of hydrogen-bond donors (Lipinski definition) is 2. The van der Waals surface area contributed by atoms with Gasteiger partial charge in [0.05, 0.1) is 12.1 Å². The minimum atomic E-state index is -4.90. The predicted octanol–water partition coefficient (Wildman–Crippen LogP) is 1.67. The molecule has 1 aromatic rings. The largest absolute Gasteiger partial charge is 0.574 e. The number of alkyl halides is 3. The Morgan fingerprint density at radius 1 is 1.56 bits per heavy atom. The molecule has 100 valence electrons. The Hall–Kier alpha value is -1.10. The molecule has 0 saturated heterocycles. The number of pyridine rings is 1. The van der Waals surface area contributed by atoms with Crippen LogP contribution in [0.25, 0.3) is 0 Å². The van der Waals surface area contributed by atoms with Gasteiger partial charge in [-0.25, -0.2) is 4.98 Å². The normalized spacial score (nSPS) is 11.4. The summed E-state index contributed by atoms with van der Waals surface area (Å²) in [5, 5.41) is 8.61. The first-order chi connectivity index (χ1) is 8.23. The van der Waals surface area contributed by atoms with Crippen LogP contribution in [0.15, 0.2) is 6.07 Å². The molecule has 9 heteroatoms. The number of nitrogens with zero attached hydrogens (tertiary/aromatic N) is 1. The number of carboxylic acid groups (broad SMARTS) is 1. The first kappa shape index (κ1) is 15.0. The van der Waals surface area contributed by atoms with Crippen molar-refractivity contribution in [3.8, 4) is 5.88 Å². The molecule has 0 atom stereocenters. The summed E-state index contributed by atoms with van der Waals surface area (Å²) < 4.78 is 40.5. The van der Waals surface area contributed by atoms with Crippen LogP contribution in [0, 0.1) is 3.57 Å². The molecule has 0 spiro atoms. The van der Waals surface area contributed by atoms with E-state index in [9.17, 15) is 18.0 Å². The third-order valence-electron chi connectivity index (χ3n) is 1.84. The van der Waals surface area contributed by atoms with Gasteiger partial charge in [-0.2, -0.15) is 0 Å². The number of ether oxygens (including phenoxy) is 1. The van der Waals surface area contributed by atoms with Gasteiger partial charge in [0.2, 0.25) is 5.88 Å². The minimum absolute atomic E-state index is 0.000417. The van der Waals surface area contributed by atoms with E-state index in [0.717, 1.165) is 0 Å². The molecule has 3 N–H and O–H groups in total. The first-order valence-electron chi connectivity index (χ1n) is 4.59. The van der Waals surface area contributed by atoms with E-state index in [1.165, 1.54) is 6.07 Å². The highest BCUT2D eigenvalue weighted by atomic mass is 127. The van der Waals surface area contributed by atoms with E-state index in [4.69, 9.17) is 10.8 Å². The lowest BCUT2D eigenvalue weighted by Gasteiger charge is -2.13. The maximum absolute atomic E-state index is 12.1. The topological polar surface area (TPSA) is 85.4 Å². The molecule has 0 radical (unpaired) electrons. The van der Waals surface area contributed by atoms with Gasteiger partial charge in [-0.05, 0) is 28.7 Å². The number of carboxylic acids is 1. The van der Waals surface area contributed by atoms with Crippen molar-refractivity contribution in [2.45, 2.75) is 19.3 Å².